The fourth-order valence-electron chi connectivity index (χ4n) is 3.50. The van der Waals surface area contributed by atoms with E-state index in [0.29, 0.717) is 5.11 Å². The Hall–Kier alpha value is -2.66. The molecule has 0 saturated carbocycles. The zero-order chi connectivity index (χ0) is 18.1. The van der Waals surface area contributed by atoms with Crippen molar-refractivity contribution in [2.75, 3.05) is 11.9 Å². The molecule has 0 amide bonds. The Morgan fingerprint density at radius 1 is 1.04 bits per heavy atom. The number of hydrogen-bond donors (Lipinski definition) is 1. The smallest absolute Gasteiger partial charge is 0.174 e. The summed E-state index contributed by atoms with van der Waals surface area (Å²) in [5, 5.41) is 4.07. The van der Waals surface area contributed by atoms with E-state index in [-0.39, 0.29) is 11.9 Å². The van der Waals surface area contributed by atoms with E-state index in [1.165, 1.54) is 12.1 Å². The van der Waals surface area contributed by atoms with Crippen LogP contribution in [-0.4, -0.2) is 21.1 Å². The van der Waals surface area contributed by atoms with Crippen molar-refractivity contribution in [1.82, 2.24) is 9.47 Å². The molecule has 3 aromatic rings. The van der Waals surface area contributed by atoms with Crippen LogP contribution in [0.4, 0.5) is 10.1 Å². The van der Waals surface area contributed by atoms with Crippen LogP contribution in [-0.2, 0) is 6.54 Å². The first kappa shape index (κ1) is 16.8. The SMILES string of the molecule is Cc1ccccc1NC(=S)N1CCn2cccc2[C@H]1c1ccc(F)cc1. The molecule has 0 saturated heterocycles. The van der Waals surface area contributed by atoms with Gasteiger partial charge in [-0.1, -0.05) is 30.3 Å². The number of benzene rings is 2. The summed E-state index contributed by atoms with van der Waals surface area (Å²) in [7, 11) is 0. The number of thiocarbonyl (C=S) groups is 1. The first-order chi connectivity index (χ1) is 12.6. The lowest BCUT2D eigenvalue weighted by Crippen LogP contribution is -2.44. The molecule has 26 heavy (non-hydrogen) atoms. The van der Waals surface area contributed by atoms with Crippen LogP contribution in [0.15, 0.2) is 66.9 Å². The van der Waals surface area contributed by atoms with Gasteiger partial charge < -0.3 is 14.8 Å². The van der Waals surface area contributed by atoms with Gasteiger partial charge in [-0.2, -0.15) is 0 Å². The highest BCUT2D eigenvalue weighted by Gasteiger charge is 2.30. The molecule has 0 radical (unpaired) electrons. The molecule has 4 rings (SSSR count). The zero-order valence-electron chi connectivity index (χ0n) is 14.5. The maximum absolute atomic E-state index is 13.4. The molecule has 0 unspecified atom stereocenters. The largest absolute Gasteiger partial charge is 0.348 e. The molecule has 0 fully saturated rings. The second-order valence-electron chi connectivity index (χ2n) is 6.52. The van der Waals surface area contributed by atoms with Crippen LogP contribution in [0.5, 0.6) is 0 Å². The minimum absolute atomic E-state index is 0.0385. The number of halogens is 1. The summed E-state index contributed by atoms with van der Waals surface area (Å²) in [5.74, 6) is -0.230. The zero-order valence-corrected chi connectivity index (χ0v) is 15.3. The fourth-order valence-corrected chi connectivity index (χ4v) is 3.80. The maximum atomic E-state index is 13.4. The minimum atomic E-state index is -0.230. The number of aromatic nitrogens is 1. The van der Waals surface area contributed by atoms with E-state index >= 15 is 0 Å². The van der Waals surface area contributed by atoms with Crippen LogP contribution in [0.2, 0.25) is 0 Å². The number of aryl methyl sites for hydroxylation is 1. The van der Waals surface area contributed by atoms with E-state index in [1.807, 2.05) is 36.4 Å². The van der Waals surface area contributed by atoms with Crippen molar-refractivity contribution in [1.29, 1.82) is 0 Å². The number of nitrogens with one attached hydrogen (secondary N) is 1. The van der Waals surface area contributed by atoms with Crippen LogP contribution in [0, 0.1) is 12.7 Å². The number of hydrogen-bond acceptors (Lipinski definition) is 1. The second-order valence-corrected chi connectivity index (χ2v) is 6.91. The fraction of sp³-hybridized carbons (Fsp3) is 0.190. The molecule has 2 heterocycles. The Bertz CT molecular complexity index is 932. The van der Waals surface area contributed by atoms with E-state index in [1.54, 1.807) is 0 Å². The Kier molecular flexibility index (Phi) is 4.47. The summed E-state index contributed by atoms with van der Waals surface area (Å²) in [6.45, 7) is 3.72. The second kappa shape index (κ2) is 6.92. The highest BCUT2D eigenvalue weighted by Crippen LogP contribution is 2.33. The van der Waals surface area contributed by atoms with Gasteiger partial charge in [0.2, 0.25) is 0 Å². The van der Waals surface area contributed by atoms with E-state index in [9.17, 15) is 4.39 Å². The quantitative estimate of drug-likeness (QED) is 0.663. The summed E-state index contributed by atoms with van der Waals surface area (Å²) >= 11 is 5.75. The first-order valence-electron chi connectivity index (χ1n) is 8.67. The van der Waals surface area contributed by atoms with Crippen molar-refractivity contribution in [3.63, 3.8) is 0 Å². The van der Waals surface area contributed by atoms with Crippen LogP contribution < -0.4 is 5.32 Å². The third kappa shape index (κ3) is 3.10. The Morgan fingerprint density at radius 3 is 2.58 bits per heavy atom. The summed E-state index contributed by atoms with van der Waals surface area (Å²) < 4.78 is 15.7. The molecule has 0 spiro atoms. The number of fused-ring (bicyclic) bond motifs is 1. The van der Waals surface area contributed by atoms with Crippen molar-refractivity contribution in [3.8, 4) is 0 Å². The lowest BCUT2D eigenvalue weighted by Gasteiger charge is -2.39. The molecule has 132 valence electrons. The maximum Gasteiger partial charge on any atom is 0.174 e. The molecule has 1 atom stereocenters. The highest BCUT2D eigenvalue weighted by atomic mass is 32.1. The number of rotatable bonds is 2. The van der Waals surface area contributed by atoms with Crippen LogP contribution >= 0.6 is 12.2 Å². The summed E-state index contributed by atoms with van der Waals surface area (Å²) in [4.78, 5) is 2.18. The Balaban J connectivity index is 1.68. The molecule has 1 aliphatic heterocycles. The molecule has 1 aliphatic rings. The predicted octanol–water partition coefficient (Wildman–Crippen LogP) is 4.74. The average Bonchev–Trinajstić information content (AvgIpc) is 3.12. The summed E-state index contributed by atoms with van der Waals surface area (Å²) in [5.41, 5.74) is 4.35. The van der Waals surface area contributed by atoms with Gasteiger partial charge in [-0.05, 0) is 60.6 Å². The minimum Gasteiger partial charge on any atom is -0.348 e. The summed E-state index contributed by atoms with van der Waals surface area (Å²) in [6.07, 6.45) is 2.08. The van der Waals surface area contributed by atoms with E-state index in [4.69, 9.17) is 12.2 Å². The van der Waals surface area contributed by atoms with Gasteiger partial charge in [0.05, 0.1) is 6.04 Å². The van der Waals surface area contributed by atoms with Gasteiger partial charge in [-0.15, -0.1) is 0 Å². The molecule has 0 bridgehead atoms. The van der Waals surface area contributed by atoms with Crippen molar-refractivity contribution < 1.29 is 4.39 Å². The van der Waals surface area contributed by atoms with Crippen molar-refractivity contribution in [2.45, 2.75) is 19.5 Å². The molecular formula is C21H20FN3S. The summed E-state index contributed by atoms with van der Waals surface area (Å²) in [6, 6.07) is 18.9. The Labute approximate surface area is 158 Å². The van der Waals surface area contributed by atoms with Crippen molar-refractivity contribution in [2.24, 2.45) is 0 Å². The topological polar surface area (TPSA) is 20.2 Å². The molecular weight excluding hydrogens is 345 g/mol. The van der Waals surface area contributed by atoms with Gasteiger partial charge in [-0.3, -0.25) is 0 Å². The lowest BCUT2D eigenvalue weighted by molar-refractivity contribution is 0.293. The average molecular weight is 365 g/mol. The standard InChI is InChI=1S/C21H20FN3S/c1-15-5-2-3-6-18(15)23-21(26)25-14-13-24-12-4-7-19(24)20(25)16-8-10-17(22)11-9-16/h2-12,20H,13-14H2,1H3,(H,23,26)/t20-/m1/s1. The molecule has 2 aromatic carbocycles. The van der Waals surface area contributed by atoms with Crippen LogP contribution in [0.1, 0.15) is 22.9 Å². The first-order valence-corrected chi connectivity index (χ1v) is 9.08. The molecule has 5 heteroatoms. The Morgan fingerprint density at radius 2 is 1.81 bits per heavy atom. The lowest BCUT2D eigenvalue weighted by atomic mass is 10.0. The third-order valence-electron chi connectivity index (χ3n) is 4.87. The van der Waals surface area contributed by atoms with E-state index in [0.717, 1.165) is 35.6 Å². The predicted molar refractivity (Wildman–Crippen MR) is 107 cm³/mol. The third-order valence-corrected chi connectivity index (χ3v) is 5.21. The highest BCUT2D eigenvalue weighted by molar-refractivity contribution is 7.80. The van der Waals surface area contributed by atoms with Gasteiger partial charge in [0, 0.05) is 30.7 Å². The van der Waals surface area contributed by atoms with Gasteiger partial charge in [-0.25, -0.2) is 4.39 Å². The van der Waals surface area contributed by atoms with Gasteiger partial charge in [0.25, 0.3) is 0 Å². The van der Waals surface area contributed by atoms with Crippen LogP contribution in [0.25, 0.3) is 0 Å². The molecule has 1 N–H and O–H groups in total. The molecule has 3 nitrogen and oxygen atoms in total. The monoisotopic (exact) mass is 365 g/mol. The molecule has 0 aliphatic carbocycles. The van der Waals surface area contributed by atoms with Gasteiger partial charge in [0.1, 0.15) is 5.82 Å². The molecule has 1 aromatic heterocycles. The van der Waals surface area contributed by atoms with Crippen molar-refractivity contribution >= 4 is 23.0 Å². The van der Waals surface area contributed by atoms with Gasteiger partial charge in [0.15, 0.2) is 5.11 Å². The van der Waals surface area contributed by atoms with Crippen molar-refractivity contribution in [3.05, 3.63) is 89.5 Å². The van der Waals surface area contributed by atoms with Crippen LogP contribution in [0.3, 0.4) is 0 Å². The van der Waals surface area contributed by atoms with Gasteiger partial charge >= 0.3 is 0 Å². The normalized spacial score (nSPS) is 16.2. The van der Waals surface area contributed by atoms with E-state index in [2.05, 4.69) is 40.0 Å². The number of para-hydroxylation sites is 1. The van der Waals surface area contributed by atoms with E-state index < -0.39 is 0 Å². The number of nitrogens with zero attached hydrogens (tertiary/aromatic N) is 2. The number of anilines is 1.